The molecular formula is C29H29N3O6. The van der Waals surface area contributed by atoms with E-state index in [-0.39, 0.29) is 17.7 Å². The number of hydrogen-bond donors (Lipinski definition) is 0. The van der Waals surface area contributed by atoms with Crippen molar-refractivity contribution in [3.8, 4) is 11.5 Å². The number of furan rings is 1. The third kappa shape index (κ3) is 3.81. The first kappa shape index (κ1) is 24.1. The van der Waals surface area contributed by atoms with Crippen molar-refractivity contribution in [1.82, 2.24) is 14.7 Å². The normalized spacial score (nSPS) is 20.4. The summed E-state index contributed by atoms with van der Waals surface area (Å²) in [6.45, 7) is 2.13. The van der Waals surface area contributed by atoms with Crippen molar-refractivity contribution in [2.75, 3.05) is 46.9 Å². The maximum Gasteiger partial charge on any atom is 0.289 e. The maximum atomic E-state index is 14.3. The van der Waals surface area contributed by atoms with Gasteiger partial charge in [-0.3, -0.25) is 14.4 Å². The molecule has 38 heavy (non-hydrogen) atoms. The van der Waals surface area contributed by atoms with Crippen molar-refractivity contribution in [3.05, 3.63) is 82.8 Å². The molecule has 2 aromatic carbocycles. The van der Waals surface area contributed by atoms with Crippen LogP contribution >= 0.6 is 0 Å². The molecule has 0 N–H and O–H groups in total. The van der Waals surface area contributed by atoms with Crippen LogP contribution in [0.4, 0.5) is 0 Å². The monoisotopic (exact) mass is 515 g/mol. The molecule has 4 heterocycles. The summed E-state index contributed by atoms with van der Waals surface area (Å²) < 4.78 is 16.3. The smallest absolute Gasteiger partial charge is 0.289 e. The van der Waals surface area contributed by atoms with Gasteiger partial charge in [0.25, 0.3) is 11.8 Å². The van der Waals surface area contributed by atoms with Gasteiger partial charge < -0.3 is 28.6 Å². The van der Waals surface area contributed by atoms with Crippen molar-refractivity contribution >= 4 is 17.7 Å². The first-order valence-electron chi connectivity index (χ1n) is 12.8. The molecular weight excluding hydrogens is 486 g/mol. The predicted molar refractivity (Wildman–Crippen MR) is 137 cm³/mol. The number of benzene rings is 2. The second-order valence-corrected chi connectivity index (χ2v) is 9.76. The van der Waals surface area contributed by atoms with Gasteiger partial charge in [-0.25, -0.2) is 0 Å². The second kappa shape index (κ2) is 9.55. The van der Waals surface area contributed by atoms with Gasteiger partial charge in [0.1, 0.15) is 0 Å². The van der Waals surface area contributed by atoms with E-state index in [9.17, 15) is 14.4 Å². The molecule has 9 nitrogen and oxygen atoms in total. The Morgan fingerprint density at radius 2 is 1.58 bits per heavy atom. The van der Waals surface area contributed by atoms with Gasteiger partial charge in [0.2, 0.25) is 5.91 Å². The molecule has 9 heteroatoms. The van der Waals surface area contributed by atoms with Gasteiger partial charge >= 0.3 is 0 Å². The number of carbonyl (C=O) groups excluding carboxylic acids is 3. The topological polar surface area (TPSA) is 92.5 Å². The number of fused-ring (bicyclic) bond motifs is 4. The largest absolute Gasteiger partial charge is 0.493 e. The minimum atomic E-state index is -0.615. The average molecular weight is 516 g/mol. The first-order chi connectivity index (χ1) is 18.5. The molecule has 0 radical (unpaired) electrons. The molecule has 0 aliphatic carbocycles. The van der Waals surface area contributed by atoms with Gasteiger partial charge in [-0.05, 0) is 47.4 Å². The van der Waals surface area contributed by atoms with Crippen LogP contribution in [-0.4, -0.2) is 79.4 Å². The average Bonchev–Trinajstić information content (AvgIpc) is 3.51. The highest BCUT2D eigenvalue weighted by atomic mass is 16.5. The second-order valence-electron chi connectivity index (χ2n) is 9.76. The molecule has 1 saturated heterocycles. The molecule has 2 atom stereocenters. The van der Waals surface area contributed by atoms with Crippen molar-refractivity contribution in [2.24, 2.45) is 0 Å². The van der Waals surface area contributed by atoms with Crippen LogP contribution in [-0.2, 0) is 11.2 Å². The van der Waals surface area contributed by atoms with E-state index in [1.807, 2.05) is 28.0 Å². The van der Waals surface area contributed by atoms with Gasteiger partial charge in [-0.15, -0.1) is 0 Å². The van der Waals surface area contributed by atoms with Gasteiger partial charge in [0, 0.05) is 38.3 Å². The third-order valence-electron chi connectivity index (χ3n) is 7.91. The van der Waals surface area contributed by atoms with Crippen LogP contribution < -0.4 is 9.47 Å². The molecule has 3 aromatic rings. The highest BCUT2D eigenvalue weighted by Gasteiger charge is 2.48. The zero-order valence-corrected chi connectivity index (χ0v) is 21.4. The summed E-state index contributed by atoms with van der Waals surface area (Å²) in [6.07, 6.45) is 2.21. The number of nitrogens with zero attached hydrogens (tertiary/aromatic N) is 3. The molecule has 0 saturated carbocycles. The van der Waals surface area contributed by atoms with E-state index in [4.69, 9.17) is 13.9 Å². The Labute approximate surface area is 220 Å². The van der Waals surface area contributed by atoms with Crippen molar-refractivity contribution < 1.29 is 28.3 Å². The Morgan fingerprint density at radius 1 is 0.868 bits per heavy atom. The van der Waals surface area contributed by atoms with Crippen LogP contribution in [0.1, 0.15) is 49.6 Å². The van der Waals surface area contributed by atoms with Crippen molar-refractivity contribution in [1.29, 1.82) is 0 Å². The lowest BCUT2D eigenvalue weighted by atomic mass is 9.75. The summed E-state index contributed by atoms with van der Waals surface area (Å²) in [5.74, 6) is 0.243. The summed E-state index contributed by atoms with van der Waals surface area (Å²) in [5, 5.41) is 0. The Kier molecular flexibility index (Phi) is 6.06. The lowest BCUT2D eigenvalue weighted by Crippen LogP contribution is -2.55. The fourth-order valence-corrected chi connectivity index (χ4v) is 6.00. The molecule has 3 aliphatic rings. The maximum absolute atomic E-state index is 14.3. The number of piperazine rings is 1. The number of rotatable bonds is 4. The minimum absolute atomic E-state index is 0.0669. The highest BCUT2D eigenvalue weighted by molar-refractivity contribution is 6.02. The summed E-state index contributed by atoms with van der Waals surface area (Å²) in [7, 11) is 3.08. The quantitative estimate of drug-likeness (QED) is 0.530. The van der Waals surface area contributed by atoms with E-state index in [1.165, 1.54) is 13.4 Å². The van der Waals surface area contributed by atoms with Crippen LogP contribution in [0.5, 0.6) is 11.5 Å². The molecule has 1 aromatic heterocycles. The van der Waals surface area contributed by atoms with Crippen LogP contribution in [0.2, 0.25) is 0 Å². The standard InChI is InChI=1S/C29H29N3O6/c1-36-23-16-20-21(17-24(23)37-2)27(33)32-10-9-18-6-3-4-7-19(18)26(32)25(20)29(35)31-13-11-30(12-14-31)28(34)22-8-5-15-38-22/h3-8,15-17,25-26H,9-14H2,1-2H3/t25-,26+/m0/s1. The van der Waals surface area contributed by atoms with Crippen molar-refractivity contribution in [2.45, 2.75) is 18.4 Å². The zero-order chi connectivity index (χ0) is 26.4. The molecule has 3 amide bonds. The minimum Gasteiger partial charge on any atom is -0.493 e. The Hall–Kier alpha value is -4.27. The van der Waals surface area contributed by atoms with Crippen LogP contribution in [0.3, 0.4) is 0 Å². The van der Waals surface area contributed by atoms with E-state index in [0.29, 0.717) is 61.1 Å². The molecule has 0 spiro atoms. The Balaban J connectivity index is 1.37. The van der Waals surface area contributed by atoms with Gasteiger partial charge in [0.15, 0.2) is 17.3 Å². The predicted octanol–water partition coefficient (Wildman–Crippen LogP) is 3.12. The first-order valence-corrected chi connectivity index (χ1v) is 12.8. The molecule has 0 unspecified atom stereocenters. The van der Waals surface area contributed by atoms with Gasteiger partial charge in [-0.2, -0.15) is 0 Å². The van der Waals surface area contributed by atoms with Crippen LogP contribution in [0, 0.1) is 0 Å². The van der Waals surface area contributed by atoms with Gasteiger partial charge in [0.05, 0.1) is 32.4 Å². The summed E-state index contributed by atoms with van der Waals surface area (Å²) in [5.41, 5.74) is 3.25. The summed E-state index contributed by atoms with van der Waals surface area (Å²) in [6, 6.07) is 14.4. The highest BCUT2D eigenvalue weighted by Crippen LogP contribution is 2.49. The zero-order valence-electron chi connectivity index (χ0n) is 21.4. The van der Waals surface area contributed by atoms with E-state index >= 15 is 0 Å². The SMILES string of the molecule is COc1cc2c(cc1OC)[C@H](C(=O)N1CCN(C(=O)c3ccco3)CC1)[C@H]1c3ccccc3CCN1C2=O. The number of hydrogen-bond acceptors (Lipinski definition) is 6. The van der Waals surface area contributed by atoms with Crippen molar-refractivity contribution in [3.63, 3.8) is 0 Å². The Morgan fingerprint density at radius 3 is 2.29 bits per heavy atom. The molecule has 1 fully saturated rings. The summed E-state index contributed by atoms with van der Waals surface area (Å²) >= 11 is 0. The fourth-order valence-electron chi connectivity index (χ4n) is 6.00. The van der Waals surface area contributed by atoms with E-state index in [2.05, 4.69) is 6.07 Å². The molecule has 3 aliphatic heterocycles. The van der Waals surface area contributed by atoms with Crippen LogP contribution in [0.15, 0.2) is 59.2 Å². The number of carbonyl (C=O) groups is 3. The number of ether oxygens (including phenoxy) is 2. The van der Waals surface area contributed by atoms with E-state index in [1.54, 1.807) is 36.3 Å². The molecule has 6 rings (SSSR count). The van der Waals surface area contributed by atoms with Crippen LogP contribution in [0.25, 0.3) is 0 Å². The number of amides is 3. The third-order valence-corrected chi connectivity index (χ3v) is 7.91. The lowest BCUT2D eigenvalue weighted by Gasteiger charge is -2.47. The fraction of sp³-hybridized carbons (Fsp3) is 0.345. The molecule has 196 valence electrons. The van der Waals surface area contributed by atoms with Gasteiger partial charge in [-0.1, -0.05) is 24.3 Å². The lowest BCUT2D eigenvalue weighted by molar-refractivity contribution is -0.136. The van der Waals surface area contributed by atoms with E-state index < -0.39 is 12.0 Å². The Bertz CT molecular complexity index is 1390. The number of methoxy groups -OCH3 is 2. The van der Waals surface area contributed by atoms with E-state index in [0.717, 1.165) is 17.5 Å². The summed E-state index contributed by atoms with van der Waals surface area (Å²) in [4.78, 5) is 46.2. The molecule has 0 bridgehead atoms.